The third kappa shape index (κ3) is 4.37. The third-order valence-corrected chi connectivity index (χ3v) is 8.09. The molecule has 2 atom stereocenters. The summed E-state index contributed by atoms with van der Waals surface area (Å²) in [6, 6.07) is 10.6. The lowest BCUT2D eigenvalue weighted by atomic mass is 9.99. The van der Waals surface area contributed by atoms with Gasteiger partial charge in [0, 0.05) is 30.9 Å². The van der Waals surface area contributed by atoms with Crippen LogP contribution in [0.15, 0.2) is 41.3 Å². The molecule has 8 heteroatoms. The second kappa shape index (κ2) is 8.54. The van der Waals surface area contributed by atoms with Gasteiger partial charge in [0.2, 0.25) is 10.0 Å². The maximum atomic E-state index is 13.4. The number of aryl methyl sites for hydroxylation is 2. The van der Waals surface area contributed by atoms with Crippen LogP contribution in [0.25, 0.3) is 0 Å². The second-order valence-electron chi connectivity index (χ2n) is 8.42. The third-order valence-electron chi connectivity index (χ3n) is 5.78. The van der Waals surface area contributed by atoms with E-state index in [0.717, 1.165) is 29.7 Å². The molecule has 0 bridgehead atoms. The first-order valence-corrected chi connectivity index (χ1v) is 12.3. The molecule has 31 heavy (non-hydrogen) atoms. The van der Waals surface area contributed by atoms with Gasteiger partial charge < -0.3 is 9.64 Å². The monoisotopic (exact) mass is 462 g/mol. The van der Waals surface area contributed by atoms with Gasteiger partial charge in [-0.15, -0.1) is 0 Å². The Hall–Kier alpha value is -1.93. The van der Waals surface area contributed by atoms with E-state index in [-0.39, 0.29) is 41.1 Å². The van der Waals surface area contributed by atoms with Gasteiger partial charge >= 0.3 is 0 Å². The van der Waals surface area contributed by atoms with Crippen LogP contribution in [-0.2, 0) is 21.2 Å². The summed E-state index contributed by atoms with van der Waals surface area (Å²) in [7, 11) is -3.86. The first kappa shape index (κ1) is 22.3. The van der Waals surface area contributed by atoms with Crippen molar-refractivity contribution in [3.8, 4) is 0 Å². The van der Waals surface area contributed by atoms with Crippen molar-refractivity contribution in [2.24, 2.45) is 0 Å². The van der Waals surface area contributed by atoms with Crippen molar-refractivity contribution in [2.45, 2.75) is 50.7 Å². The van der Waals surface area contributed by atoms with Crippen molar-refractivity contribution in [3.05, 3.63) is 58.1 Å². The Kier molecular flexibility index (Phi) is 6.14. The number of sulfonamides is 1. The van der Waals surface area contributed by atoms with Crippen LogP contribution in [0.5, 0.6) is 0 Å². The van der Waals surface area contributed by atoms with Gasteiger partial charge in [-0.05, 0) is 63.4 Å². The van der Waals surface area contributed by atoms with Crippen LogP contribution in [0.3, 0.4) is 0 Å². The number of ether oxygens (including phenoxy) is 1. The minimum absolute atomic E-state index is 0.0394. The molecular weight excluding hydrogens is 436 g/mol. The Balaban J connectivity index is 1.68. The summed E-state index contributed by atoms with van der Waals surface area (Å²) < 4.78 is 33.7. The summed E-state index contributed by atoms with van der Waals surface area (Å²) >= 11 is 6.30. The van der Waals surface area contributed by atoms with Gasteiger partial charge in [0.15, 0.2) is 0 Å². The van der Waals surface area contributed by atoms with Crippen molar-refractivity contribution in [1.82, 2.24) is 4.31 Å². The standard InChI is InChI=1S/C23H27ClN2O4S/c1-15-6-9-21-18(11-15)5-4-10-26(21)23(27)19-7-8-20(24)22(12-19)31(28,29)25-13-16(2)30-17(3)14-25/h6-9,11-12,16-17H,4-5,10,13-14H2,1-3H3. The van der Waals surface area contributed by atoms with Crippen molar-refractivity contribution < 1.29 is 17.9 Å². The molecule has 2 unspecified atom stereocenters. The van der Waals surface area contributed by atoms with Crippen LogP contribution in [0.4, 0.5) is 5.69 Å². The number of carbonyl (C=O) groups excluding carboxylic acids is 1. The zero-order valence-corrected chi connectivity index (χ0v) is 19.5. The molecule has 0 saturated carbocycles. The number of hydrogen-bond acceptors (Lipinski definition) is 4. The topological polar surface area (TPSA) is 66.9 Å². The molecular formula is C23H27ClN2O4S. The number of amides is 1. The molecule has 0 N–H and O–H groups in total. The van der Waals surface area contributed by atoms with E-state index in [4.69, 9.17) is 16.3 Å². The Bertz CT molecular complexity index is 1110. The van der Waals surface area contributed by atoms with Crippen molar-refractivity contribution in [2.75, 3.05) is 24.5 Å². The normalized spacial score (nSPS) is 22.3. The molecule has 0 aliphatic carbocycles. The highest BCUT2D eigenvalue weighted by molar-refractivity contribution is 7.89. The summed E-state index contributed by atoms with van der Waals surface area (Å²) in [6.07, 6.45) is 1.37. The van der Waals surface area contributed by atoms with E-state index in [2.05, 4.69) is 6.07 Å². The highest BCUT2D eigenvalue weighted by Crippen LogP contribution is 2.32. The predicted octanol–water partition coefficient (Wildman–Crippen LogP) is 4.04. The fourth-order valence-electron chi connectivity index (χ4n) is 4.39. The summed E-state index contributed by atoms with van der Waals surface area (Å²) in [6.45, 7) is 6.81. The first-order chi connectivity index (χ1) is 14.7. The second-order valence-corrected chi connectivity index (χ2v) is 10.7. The molecule has 166 valence electrons. The largest absolute Gasteiger partial charge is 0.373 e. The summed E-state index contributed by atoms with van der Waals surface area (Å²) in [5.41, 5.74) is 3.49. The number of rotatable bonds is 3. The Morgan fingerprint density at radius 2 is 1.81 bits per heavy atom. The van der Waals surface area contributed by atoms with Crippen LogP contribution in [0, 0.1) is 6.92 Å². The predicted molar refractivity (Wildman–Crippen MR) is 121 cm³/mol. The summed E-state index contributed by atoms with van der Waals surface area (Å²) in [5, 5.41) is 0.109. The van der Waals surface area contributed by atoms with E-state index in [1.807, 2.05) is 32.9 Å². The van der Waals surface area contributed by atoms with Gasteiger partial charge in [0.1, 0.15) is 4.90 Å². The van der Waals surface area contributed by atoms with Crippen LogP contribution in [-0.4, -0.2) is 50.5 Å². The molecule has 6 nitrogen and oxygen atoms in total. The Labute approximate surface area is 188 Å². The van der Waals surface area contributed by atoms with E-state index >= 15 is 0 Å². The van der Waals surface area contributed by atoms with Gasteiger partial charge in [-0.3, -0.25) is 4.79 Å². The molecule has 0 radical (unpaired) electrons. The lowest BCUT2D eigenvalue weighted by Gasteiger charge is -2.34. The zero-order valence-electron chi connectivity index (χ0n) is 18.0. The number of carbonyl (C=O) groups is 1. The first-order valence-electron chi connectivity index (χ1n) is 10.5. The van der Waals surface area contributed by atoms with E-state index in [9.17, 15) is 13.2 Å². The lowest BCUT2D eigenvalue weighted by Crippen LogP contribution is -2.48. The maximum absolute atomic E-state index is 13.4. The van der Waals surface area contributed by atoms with Gasteiger partial charge in [-0.1, -0.05) is 29.3 Å². The quantitative estimate of drug-likeness (QED) is 0.690. The molecule has 0 aromatic heterocycles. The fraction of sp³-hybridized carbons (Fsp3) is 0.435. The van der Waals surface area contributed by atoms with Crippen LogP contribution >= 0.6 is 11.6 Å². The van der Waals surface area contributed by atoms with E-state index in [1.54, 1.807) is 11.0 Å². The van der Waals surface area contributed by atoms with Crippen molar-refractivity contribution >= 4 is 33.2 Å². The highest BCUT2D eigenvalue weighted by atomic mass is 35.5. The van der Waals surface area contributed by atoms with E-state index in [1.165, 1.54) is 16.4 Å². The highest BCUT2D eigenvalue weighted by Gasteiger charge is 2.34. The maximum Gasteiger partial charge on any atom is 0.258 e. The molecule has 1 saturated heterocycles. The number of fused-ring (bicyclic) bond motifs is 1. The van der Waals surface area contributed by atoms with Gasteiger partial charge in [-0.2, -0.15) is 4.31 Å². The minimum Gasteiger partial charge on any atom is -0.373 e. The average molecular weight is 463 g/mol. The molecule has 4 rings (SSSR count). The molecule has 2 aromatic rings. The summed E-state index contributed by atoms with van der Waals surface area (Å²) in [4.78, 5) is 15.1. The Morgan fingerprint density at radius 1 is 1.10 bits per heavy atom. The number of anilines is 1. The zero-order chi connectivity index (χ0) is 22.3. The van der Waals surface area contributed by atoms with Crippen molar-refractivity contribution in [3.63, 3.8) is 0 Å². The SMILES string of the molecule is Cc1ccc2c(c1)CCCN2C(=O)c1ccc(Cl)c(S(=O)(=O)N2CC(C)OC(C)C2)c1. The molecule has 2 aliphatic rings. The average Bonchev–Trinajstić information content (AvgIpc) is 2.72. The number of morpholine rings is 1. The molecule has 2 aliphatic heterocycles. The molecule has 1 fully saturated rings. The molecule has 2 aromatic carbocycles. The van der Waals surface area contributed by atoms with Crippen LogP contribution in [0.2, 0.25) is 5.02 Å². The number of halogens is 1. The van der Waals surface area contributed by atoms with Crippen LogP contribution < -0.4 is 4.90 Å². The van der Waals surface area contributed by atoms with Crippen LogP contribution in [0.1, 0.15) is 41.8 Å². The van der Waals surface area contributed by atoms with Gasteiger partial charge in [0.05, 0.1) is 17.2 Å². The van der Waals surface area contributed by atoms with Gasteiger partial charge in [-0.25, -0.2) is 8.42 Å². The fourth-order valence-corrected chi connectivity index (χ4v) is 6.48. The number of hydrogen-bond donors (Lipinski definition) is 0. The molecule has 0 spiro atoms. The van der Waals surface area contributed by atoms with E-state index in [0.29, 0.717) is 12.1 Å². The Morgan fingerprint density at radius 3 is 2.52 bits per heavy atom. The number of nitrogens with zero attached hydrogens (tertiary/aromatic N) is 2. The van der Waals surface area contributed by atoms with Gasteiger partial charge in [0.25, 0.3) is 5.91 Å². The van der Waals surface area contributed by atoms with E-state index < -0.39 is 10.0 Å². The lowest BCUT2D eigenvalue weighted by molar-refractivity contribution is -0.0440. The molecule has 2 heterocycles. The minimum atomic E-state index is -3.86. The summed E-state index contributed by atoms with van der Waals surface area (Å²) in [5.74, 6) is -0.221. The molecule has 1 amide bonds. The van der Waals surface area contributed by atoms with Crippen molar-refractivity contribution in [1.29, 1.82) is 0 Å². The number of benzene rings is 2. The smallest absolute Gasteiger partial charge is 0.258 e.